The molecule has 1 aliphatic rings. The van der Waals surface area contributed by atoms with Crippen LogP contribution < -0.4 is 0 Å². The Labute approximate surface area is 183 Å². The van der Waals surface area contributed by atoms with E-state index in [-0.39, 0.29) is 30.2 Å². The third kappa shape index (κ3) is 4.93. The van der Waals surface area contributed by atoms with Crippen molar-refractivity contribution in [2.24, 2.45) is 0 Å². The Balaban J connectivity index is 1.72. The van der Waals surface area contributed by atoms with E-state index < -0.39 is 39.0 Å². The topological polar surface area (TPSA) is 153 Å². The van der Waals surface area contributed by atoms with E-state index >= 15 is 0 Å². The van der Waals surface area contributed by atoms with Crippen molar-refractivity contribution < 1.29 is 37.5 Å². The van der Waals surface area contributed by atoms with E-state index in [0.717, 1.165) is 28.6 Å². The first kappa shape index (κ1) is 23.3. The van der Waals surface area contributed by atoms with Gasteiger partial charge in [-0.1, -0.05) is 12.1 Å². The van der Waals surface area contributed by atoms with Crippen LogP contribution in [0.1, 0.15) is 22.3 Å². The van der Waals surface area contributed by atoms with Crippen molar-refractivity contribution in [2.45, 2.75) is 30.1 Å². The molecule has 1 heterocycles. The van der Waals surface area contributed by atoms with Crippen molar-refractivity contribution in [3.63, 3.8) is 0 Å². The first-order valence-electron chi connectivity index (χ1n) is 9.41. The normalized spacial score (nSPS) is 18.8. The molecule has 1 unspecified atom stereocenters. The number of aliphatic hydroxyl groups is 1. The summed E-state index contributed by atoms with van der Waals surface area (Å²) in [7, 11) is -2.96. The van der Waals surface area contributed by atoms with Gasteiger partial charge in [0.15, 0.2) is 0 Å². The quantitative estimate of drug-likeness (QED) is 0.362. The van der Waals surface area contributed by atoms with Gasteiger partial charge in [-0.2, -0.15) is 4.31 Å². The molecule has 3 rings (SSSR count). The van der Waals surface area contributed by atoms with Crippen LogP contribution in [0.3, 0.4) is 0 Å². The van der Waals surface area contributed by atoms with Gasteiger partial charge in [-0.15, -0.1) is 0 Å². The van der Waals surface area contributed by atoms with Crippen molar-refractivity contribution in [2.75, 3.05) is 13.7 Å². The third-order valence-corrected chi connectivity index (χ3v) is 6.80. The zero-order chi connectivity index (χ0) is 23.5. The van der Waals surface area contributed by atoms with Crippen molar-refractivity contribution in [1.29, 1.82) is 0 Å². The molecule has 0 aliphatic carbocycles. The lowest BCUT2D eigenvalue weighted by molar-refractivity contribution is -0.384. The fourth-order valence-corrected chi connectivity index (χ4v) is 4.87. The summed E-state index contributed by atoms with van der Waals surface area (Å²) in [4.78, 5) is 34.0. The summed E-state index contributed by atoms with van der Waals surface area (Å²) in [6, 6.07) is 9.12. The molecular formula is C20H20N2O9S. The number of methoxy groups -OCH3 is 1. The van der Waals surface area contributed by atoms with E-state index in [1.807, 2.05) is 0 Å². The van der Waals surface area contributed by atoms with E-state index in [0.29, 0.717) is 11.1 Å². The summed E-state index contributed by atoms with van der Waals surface area (Å²) < 4.78 is 36.6. The number of hydrogen-bond acceptors (Lipinski definition) is 9. The monoisotopic (exact) mass is 464 g/mol. The Bertz CT molecular complexity index is 1110. The lowest BCUT2D eigenvalue weighted by Gasteiger charge is -2.22. The highest BCUT2D eigenvalue weighted by Crippen LogP contribution is 2.28. The molecule has 0 aromatic heterocycles. The van der Waals surface area contributed by atoms with Gasteiger partial charge in [0.25, 0.3) is 5.69 Å². The van der Waals surface area contributed by atoms with E-state index in [9.17, 15) is 33.2 Å². The molecule has 170 valence electrons. The van der Waals surface area contributed by atoms with Crippen LogP contribution in [0, 0.1) is 10.1 Å². The molecule has 1 N–H and O–H groups in total. The number of nitro groups is 1. The van der Waals surface area contributed by atoms with Crippen LogP contribution >= 0.6 is 0 Å². The van der Waals surface area contributed by atoms with Gasteiger partial charge in [0.2, 0.25) is 10.0 Å². The van der Waals surface area contributed by atoms with Crippen molar-refractivity contribution in [1.82, 2.24) is 4.31 Å². The van der Waals surface area contributed by atoms with Crippen molar-refractivity contribution in [3.05, 3.63) is 69.8 Å². The Hall–Kier alpha value is -3.35. The zero-order valence-electron chi connectivity index (χ0n) is 16.9. The van der Waals surface area contributed by atoms with Gasteiger partial charge < -0.3 is 14.6 Å². The average Bonchev–Trinajstić information content (AvgIpc) is 3.20. The lowest BCUT2D eigenvalue weighted by atomic mass is 10.1. The molecule has 12 heteroatoms. The highest BCUT2D eigenvalue weighted by atomic mass is 32.2. The average molecular weight is 464 g/mol. The summed E-state index contributed by atoms with van der Waals surface area (Å²) in [5, 5.41) is 20.8. The second kappa shape index (κ2) is 9.42. The number of esters is 2. The highest BCUT2D eigenvalue weighted by molar-refractivity contribution is 7.89. The maximum Gasteiger partial charge on any atom is 0.337 e. The minimum absolute atomic E-state index is 0.147. The van der Waals surface area contributed by atoms with Gasteiger partial charge in [0.05, 0.1) is 28.6 Å². The molecule has 2 atom stereocenters. The Morgan fingerprint density at radius 3 is 2.34 bits per heavy atom. The van der Waals surface area contributed by atoms with Gasteiger partial charge in [0.1, 0.15) is 12.6 Å². The van der Waals surface area contributed by atoms with Crippen LogP contribution in [0.25, 0.3) is 0 Å². The van der Waals surface area contributed by atoms with E-state index in [2.05, 4.69) is 4.74 Å². The number of non-ortho nitro benzene ring substituents is 1. The van der Waals surface area contributed by atoms with Crippen molar-refractivity contribution in [3.8, 4) is 0 Å². The summed E-state index contributed by atoms with van der Waals surface area (Å²) in [5.41, 5.74) is 0.607. The first-order valence-corrected chi connectivity index (χ1v) is 10.9. The molecule has 0 saturated carbocycles. The molecule has 11 nitrogen and oxygen atoms in total. The van der Waals surface area contributed by atoms with Crippen molar-refractivity contribution >= 4 is 27.6 Å². The standard InChI is InChI=1S/C20H20N2O9S/c1-30-19(24)14-4-2-13(3-5-14)12-31-20(25)18-10-16(23)11-21(18)32(28,29)17-8-6-15(7-9-17)22(26)27/h2-9,16,18,23H,10-12H2,1H3/t16?,18-/m0/s1. The fourth-order valence-electron chi connectivity index (χ4n) is 3.24. The lowest BCUT2D eigenvalue weighted by Crippen LogP contribution is -2.41. The van der Waals surface area contributed by atoms with Gasteiger partial charge >= 0.3 is 11.9 Å². The highest BCUT2D eigenvalue weighted by Gasteiger charge is 2.44. The molecular weight excluding hydrogens is 444 g/mol. The van der Waals surface area contributed by atoms with Gasteiger partial charge in [0, 0.05) is 25.1 Å². The van der Waals surface area contributed by atoms with Crippen LogP contribution in [-0.4, -0.2) is 60.5 Å². The molecule has 0 bridgehead atoms. The number of ether oxygens (including phenoxy) is 2. The molecule has 1 saturated heterocycles. The molecule has 1 aliphatic heterocycles. The van der Waals surface area contributed by atoms with Gasteiger partial charge in [-0.3, -0.25) is 14.9 Å². The zero-order valence-corrected chi connectivity index (χ0v) is 17.7. The second-order valence-electron chi connectivity index (χ2n) is 7.03. The number of β-amino-alcohol motifs (C(OH)–C–C–N with tert-alkyl or cyclic N) is 1. The molecule has 0 spiro atoms. The summed E-state index contributed by atoms with van der Waals surface area (Å²) >= 11 is 0. The van der Waals surface area contributed by atoms with Crippen LogP contribution in [0.2, 0.25) is 0 Å². The Morgan fingerprint density at radius 2 is 1.78 bits per heavy atom. The fraction of sp³-hybridized carbons (Fsp3) is 0.300. The number of nitro benzene ring substituents is 1. The number of benzene rings is 2. The maximum absolute atomic E-state index is 13.0. The number of rotatable bonds is 7. The molecule has 1 fully saturated rings. The minimum Gasteiger partial charge on any atom is -0.465 e. The number of nitrogens with zero attached hydrogens (tertiary/aromatic N) is 2. The maximum atomic E-state index is 13.0. The molecule has 0 radical (unpaired) electrons. The second-order valence-corrected chi connectivity index (χ2v) is 8.92. The van der Waals surface area contributed by atoms with Gasteiger partial charge in [-0.05, 0) is 29.8 Å². The van der Waals surface area contributed by atoms with Crippen LogP contribution in [0.4, 0.5) is 5.69 Å². The smallest absolute Gasteiger partial charge is 0.337 e. The number of aliphatic hydroxyl groups excluding tert-OH is 1. The minimum atomic E-state index is -4.21. The number of hydrogen-bond donors (Lipinski definition) is 1. The predicted octanol–water partition coefficient (Wildman–Crippen LogP) is 1.25. The summed E-state index contributed by atoms with van der Waals surface area (Å²) in [6.07, 6.45) is -1.22. The summed E-state index contributed by atoms with van der Waals surface area (Å²) in [5.74, 6) is -1.36. The number of sulfonamides is 1. The Kier molecular flexibility index (Phi) is 6.87. The van der Waals surface area contributed by atoms with Crippen LogP contribution in [0.15, 0.2) is 53.4 Å². The summed E-state index contributed by atoms with van der Waals surface area (Å²) in [6.45, 7) is -0.481. The largest absolute Gasteiger partial charge is 0.465 e. The van der Waals surface area contributed by atoms with Crippen LogP contribution in [-0.2, 0) is 30.9 Å². The molecule has 2 aromatic rings. The SMILES string of the molecule is COC(=O)c1ccc(COC(=O)[C@@H]2CC(O)CN2S(=O)(=O)c2ccc([N+](=O)[O-])cc2)cc1. The van der Waals surface area contributed by atoms with E-state index in [1.54, 1.807) is 12.1 Å². The third-order valence-electron chi connectivity index (χ3n) is 4.92. The van der Waals surface area contributed by atoms with Gasteiger partial charge in [-0.25, -0.2) is 13.2 Å². The predicted molar refractivity (Wildman–Crippen MR) is 109 cm³/mol. The van der Waals surface area contributed by atoms with E-state index in [1.165, 1.54) is 19.2 Å². The first-order chi connectivity index (χ1) is 15.1. The van der Waals surface area contributed by atoms with E-state index in [4.69, 9.17) is 4.74 Å². The molecule has 32 heavy (non-hydrogen) atoms. The number of carbonyl (C=O) groups is 2. The Morgan fingerprint density at radius 1 is 1.16 bits per heavy atom. The number of carbonyl (C=O) groups excluding carboxylic acids is 2. The molecule has 2 aromatic carbocycles. The van der Waals surface area contributed by atoms with Crippen LogP contribution in [0.5, 0.6) is 0 Å². The molecule has 0 amide bonds.